The molecule has 1 atom stereocenters. The first-order chi connectivity index (χ1) is 8.24. The molecule has 90 valence electrons. The molecule has 1 unspecified atom stereocenters. The molecule has 0 saturated carbocycles. The normalized spacial score (nSPS) is 11.2. The highest BCUT2D eigenvalue weighted by Gasteiger charge is 2.11. The van der Waals surface area contributed by atoms with Crippen LogP contribution in [-0.2, 0) is 9.53 Å². The molecule has 0 radical (unpaired) electrons. The predicted octanol–water partition coefficient (Wildman–Crippen LogP) is 3.02. The van der Waals surface area contributed by atoms with Gasteiger partial charge in [0.1, 0.15) is 0 Å². The minimum atomic E-state index is -0.138. The van der Waals surface area contributed by atoms with Gasteiger partial charge in [-0.25, -0.2) is 0 Å². The van der Waals surface area contributed by atoms with Gasteiger partial charge in [-0.3, -0.25) is 4.79 Å². The van der Waals surface area contributed by atoms with Gasteiger partial charge in [0, 0.05) is 12.0 Å². The van der Waals surface area contributed by atoms with E-state index in [1.54, 1.807) is 0 Å². The molecule has 0 aromatic heterocycles. The van der Waals surface area contributed by atoms with Crippen molar-refractivity contribution in [2.75, 3.05) is 7.11 Å². The minimum absolute atomic E-state index is 0.0291. The standard InChI is InChI=1S/C15H18O2/c1-13(15(16)17-2)9-5-3-6-10-14-11-7-4-8-12-14/h4,7-8,11-13H,3,5,9H2,1-2H3. The number of esters is 1. The van der Waals surface area contributed by atoms with Crippen LogP contribution in [0.15, 0.2) is 30.3 Å². The molecule has 0 aliphatic rings. The van der Waals surface area contributed by atoms with E-state index in [1.165, 1.54) is 7.11 Å². The highest BCUT2D eigenvalue weighted by molar-refractivity contribution is 5.71. The molecule has 1 aromatic carbocycles. The van der Waals surface area contributed by atoms with Gasteiger partial charge in [0.05, 0.1) is 13.0 Å². The van der Waals surface area contributed by atoms with Crippen LogP contribution in [-0.4, -0.2) is 13.1 Å². The van der Waals surface area contributed by atoms with E-state index >= 15 is 0 Å². The zero-order valence-electron chi connectivity index (χ0n) is 10.4. The van der Waals surface area contributed by atoms with Crippen molar-refractivity contribution in [3.63, 3.8) is 0 Å². The molecule has 0 bridgehead atoms. The predicted molar refractivity (Wildman–Crippen MR) is 68.4 cm³/mol. The van der Waals surface area contributed by atoms with Crippen molar-refractivity contribution < 1.29 is 9.53 Å². The Kier molecular flexibility index (Phi) is 5.88. The number of carbonyl (C=O) groups is 1. The van der Waals surface area contributed by atoms with Crippen LogP contribution in [0.25, 0.3) is 0 Å². The molecular weight excluding hydrogens is 212 g/mol. The lowest BCUT2D eigenvalue weighted by Gasteiger charge is -2.06. The van der Waals surface area contributed by atoms with Crippen molar-refractivity contribution in [1.82, 2.24) is 0 Å². The molecule has 1 rings (SSSR count). The van der Waals surface area contributed by atoms with Crippen LogP contribution in [0.2, 0.25) is 0 Å². The monoisotopic (exact) mass is 230 g/mol. The van der Waals surface area contributed by atoms with E-state index in [-0.39, 0.29) is 11.9 Å². The van der Waals surface area contributed by atoms with Crippen molar-refractivity contribution in [3.8, 4) is 11.8 Å². The van der Waals surface area contributed by atoms with E-state index < -0.39 is 0 Å². The molecule has 17 heavy (non-hydrogen) atoms. The molecule has 0 aliphatic carbocycles. The fourth-order valence-corrected chi connectivity index (χ4v) is 1.50. The lowest BCUT2D eigenvalue weighted by Crippen LogP contribution is -2.12. The zero-order chi connectivity index (χ0) is 12.5. The molecule has 0 amide bonds. The van der Waals surface area contributed by atoms with Crippen LogP contribution in [0.5, 0.6) is 0 Å². The maximum atomic E-state index is 11.1. The summed E-state index contributed by atoms with van der Waals surface area (Å²) in [5.74, 6) is 6.04. The summed E-state index contributed by atoms with van der Waals surface area (Å²) < 4.78 is 4.66. The number of methoxy groups -OCH3 is 1. The van der Waals surface area contributed by atoms with Gasteiger partial charge in [0.2, 0.25) is 0 Å². The maximum absolute atomic E-state index is 11.1. The summed E-state index contributed by atoms with van der Waals surface area (Å²) in [4.78, 5) is 11.1. The summed E-state index contributed by atoms with van der Waals surface area (Å²) >= 11 is 0. The van der Waals surface area contributed by atoms with Crippen LogP contribution in [0.3, 0.4) is 0 Å². The number of carbonyl (C=O) groups excluding carboxylic acids is 1. The molecule has 0 spiro atoms. The Hall–Kier alpha value is -1.75. The Labute approximate surface area is 103 Å². The highest BCUT2D eigenvalue weighted by Crippen LogP contribution is 2.08. The Morgan fingerprint density at radius 1 is 1.35 bits per heavy atom. The van der Waals surface area contributed by atoms with Gasteiger partial charge in [-0.05, 0) is 25.0 Å². The van der Waals surface area contributed by atoms with Crippen molar-refractivity contribution >= 4 is 5.97 Å². The van der Waals surface area contributed by atoms with Gasteiger partial charge in [0.15, 0.2) is 0 Å². The van der Waals surface area contributed by atoms with Crippen molar-refractivity contribution in [2.45, 2.75) is 26.2 Å². The largest absolute Gasteiger partial charge is 0.469 e. The minimum Gasteiger partial charge on any atom is -0.469 e. The van der Waals surface area contributed by atoms with Crippen LogP contribution < -0.4 is 0 Å². The maximum Gasteiger partial charge on any atom is 0.308 e. The van der Waals surface area contributed by atoms with Gasteiger partial charge < -0.3 is 4.74 Å². The molecule has 0 aliphatic heterocycles. The molecule has 0 heterocycles. The van der Waals surface area contributed by atoms with Gasteiger partial charge in [-0.15, -0.1) is 0 Å². The number of unbranched alkanes of at least 4 members (excludes halogenated alkanes) is 1. The van der Waals surface area contributed by atoms with E-state index in [1.807, 2.05) is 37.3 Å². The first-order valence-corrected chi connectivity index (χ1v) is 5.86. The summed E-state index contributed by atoms with van der Waals surface area (Å²) in [6, 6.07) is 9.91. The second-order valence-corrected chi connectivity index (χ2v) is 3.98. The third-order valence-electron chi connectivity index (χ3n) is 2.55. The Bertz CT molecular complexity index is 398. The molecule has 0 saturated heterocycles. The second kappa shape index (κ2) is 7.51. The van der Waals surface area contributed by atoms with Gasteiger partial charge in [-0.2, -0.15) is 0 Å². The number of hydrogen-bond donors (Lipinski definition) is 0. The smallest absolute Gasteiger partial charge is 0.308 e. The number of ether oxygens (including phenoxy) is 1. The first-order valence-electron chi connectivity index (χ1n) is 5.86. The van der Waals surface area contributed by atoms with E-state index in [4.69, 9.17) is 0 Å². The summed E-state index contributed by atoms with van der Waals surface area (Å²) in [6.45, 7) is 1.89. The first kappa shape index (κ1) is 13.3. The summed E-state index contributed by atoms with van der Waals surface area (Å²) in [6.07, 6.45) is 2.57. The lowest BCUT2D eigenvalue weighted by molar-refractivity contribution is -0.145. The van der Waals surface area contributed by atoms with E-state index in [0.717, 1.165) is 24.8 Å². The quantitative estimate of drug-likeness (QED) is 0.451. The fourth-order valence-electron chi connectivity index (χ4n) is 1.50. The number of benzene rings is 1. The SMILES string of the molecule is COC(=O)C(C)CCCC#Cc1ccccc1. The van der Waals surface area contributed by atoms with Crippen molar-refractivity contribution in [1.29, 1.82) is 0 Å². The molecule has 2 nitrogen and oxygen atoms in total. The summed E-state index contributed by atoms with van der Waals surface area (Å²) in [5, 5.41) is 0. The van der Waals surface area contributed by atoms with Crippen LogP contribution in [0.4, 0.5) is 0 Å². The lowest BCUT2D eigenvalue weighted by atomic mass is 10.0. The number of rotatable bonds is 4. The average molecular weight is 230 g/mol. The summed E-state index contributed by atoms with van der Waals surface area (Å²) in [5.41, 5.74) is 1.04. The van der Waals surface area contributed by atoms with Gasteiger partial charge >= 0.3 is 5.97 Å². The van der Waals surface area contributed by atoms with Crippen molar-refractivity contribution in [3.05, 3.63) is 35.9 Å². The average Bonchev–Trinajstić information content (AvgIpc) is 2.38. The van der Waals surface area contributed by atoms with E-state index in [2.05, 4.69) is 16.6 Å². The molecule has 0 fully saturated rings. The third-order valence-corrected chi connectivity index (χ3v) is 2.55. The topological polar surface area (TPSA) is 26.3 Å². The molecular formula is C15H18O2. The fraction of sp³-hybridized carbons (Fsp3) is 0.400. The molecule has 2 heteroatoms. The number of hydrogen-bond acceptors (Lipinski definition) is 2. The van der Waals surface area contributed by atoms with Gasteiger partial charge in [-0.1, -0.05) is 37.0 Å². The summed E-state index contributed by atoms with van der Waals surface area (Å²) in [7, 11) is 1.42. The Morgan fingerprint density at radius 3 is 2.71 bits per heavy atom. The van der Waals surface area contributed by atoms with Crippen molar-refractivity contribution in [2.24, 2.45) is 5.92 Å². The zero-order valence-corrected chi connectivity index (χ0v) is 10.4. The van der Waals surface area contributed by atoms with Gasteiger partial charge in [0.25, 0.3) is 0 Å². The third kappa shape index (κ3) is 5.21. The molecule has 0 N–H and O–H groups in total. The van der Waals surface area contributed by atoms with Crippen LogP contribution in [0.1, 0.15) is 31.7 Å². The van der Waals surface area contributed by atoms with Crippen LogP contribution >= 0.6 is 0 Å². The molecule has 1 aromatic rings. The Morgan fingerprint density at radius 2 is 2.06 bits per heavy atom. The van der Waals surface area contributed by atoms with Crippen LogP contribution in [0, 0.1) is 17.8 Å². The van der Waals surface area contributed by atoms with E-state index in [0.29, 0.717) is 0 Å². The van der Waals surface area contributed by atoms with E-state index in [9.17, 15) is 4.79 Å². The second-order valence-electron chi connectivity index (χ2n) is 3.98. The highest BCUT2D eigenvalue weighted by atomic mass is 16.5. The Balaban J connectivity index is 2.25.